The standard InChI is InChI=1S/C10H14N2OS/c1-2-8(10(12)13)14-9-6-4-3-5-7(9)11/h3-6,8H,2,11H2,1H3,(H2,12,13). The fraction of sp³-hybridized carbons (Fsp3) is 0.300. The highest BCUT2D eigenvalue weighted by Crippen LogP contribution is 2.29. The van der Waals surface area contributed by atoms with Gasteiger partial charge in [-0.2, -0.15) is 0 Å². The highest BCUT2D eigenvalue weighted by Gasteiger charge is 2.15. The largest absolute Gasteiger partial charge is 0.398 e. The van der Waals surface area contributed by atoms with Crippen LogP contribution in [0.2, 0.25) is 0 Å². The van der Waals surface area contributed by atoms with E-state index in [-0.39, 0.29) is 11.2 Å². The number of nitrogen functional groups attached to an aromatic ring is 1. The van der Waals surface area contributed by atoms with Crippen LogP contribution >= 0.6 is 11.8 Å². The number of amides is 1. The summed E-state index contributed by atoms with van der Waals surface area (Å²) in [5.41, 5.74) is 11.7. The molecule has 0 aliphatic rings. The molecule has 1 amide bonds. The zero-order valence-electron chi connectivity index (χ0n) is 8.07. The molecule has 1 aromatic carbocycles. The van der Waals surface area contributed by atoms with Gasteiger partial charge in [0.05, 0.1) is 5.25 Å². The molecule has 0 saturated carbocycles. The SMILES string of the molecule is CCC(Sc1ccccc1N)C(N)=O. The van der Waals surface area contributed by atoms with Gasteiger partial charge < -0.3 is 11.5 Å². The van der Waals surface area contributed by atoms with Crippen molar-refractivity contribution in [2.45, 2.75) is 23.5 Å². The molecule has 4 heteroatoms. The van der Waals surface area contributed by atoms with Crippen molar-refractivity contribution in [3.8, 4) is 0 Å². The number of primary amides is 1. The monoisotopic (exact) mass is 210 g/mol. The van der Waals surface area contributed by atoms with E-state index in [0.717, 1.165) is 4.90 Å². The van der Waals surface area contributed by atoms with Crippen LogP contribution in [0.15, 0.2) is 29.2 Å². The first-order valence-electron chi connectivity index (χ1n) is 4.45. The molecule has 0 fully saturated rings. The number of benzene rings is 1. The van der Waals surface area contributed by atoms with E-state index in [2.05, 4.69) is 0 Å². The van der Waals surface area contributed by atoms with Gasteiger partial charge in [-0.3, -0.25) is 4.79 Å². The van der Waals surface area contributed by atoms with Gasteiger partial charge in [-0.25, -0.2) is 0 Å². The number of nitrogens with two attached hydrogens (primary N) is 2. The van der Waals surface area contributed by atoms with E-state index in [1.54, 1.807) is 0 Å². The number of carbonyl (C=O) groups excluding carboxylic acids is 1. The molecule has 0 spiro atoms. The molecule has 1 rings (SSSR count). The van der Waals surface area contributed by atoms with Crippen LogP contribution in [-0.2, 0) is 4.79 Å². The van der Waals surface area contributed by atoms with Crippen LogP contribution in [0, 0.1) is 0 Å². The molecule has 0 radical (unpaired) electrons. The van der Waals surface area contributed by atoms with Gasteiger partial charge in [0.25, 0.3) is 0 Å². The molecule has 76 valence electrons. The predicted octanol–water partition coefficient (Wildman–Crippen LogP) is 1.62. The quantitative estimate of drug-likeness (QED) is 0.586. The third-order valence-corrected chi connectivity index (χ3v) is 3.35. The molecule has 3 nitrogen and oxygen atoms in total. The first-order valence-corrected chi connectivity index (χ1v) is 5.33. The van der Waals surface area contributed by atoms with Crippen molar-refractivity contribution in [2.24, 2.45) is 5.73 Å². The zero-order chi connectivity index (χ0) is 10.6. The van der Waals surface area contributed by atoms with Crippen molar-refractivity contribution in [3.05, 3.63) is 24.3 Å². The van der Waals surface area contributed by atoms with Crippen molar-refractivity contribution in [1.29, 1.82) is 0 Å². The Morgan fingerprint density at radius 2 is 2.14 bits per heavy atom. The van der Waals surface area contributed by atoms with Gasteiger partial charge in [0.2, 0.25) is 5.91 Å². The van der Waals surface area contributed by atoms with Crippen LogP contribution in [0.1, 0.15) is 13.3 Å². The number of carbonyl (C=O) groups is 1. The second-order valence-electron chi connectivity index (χ2n) is 2.95. The lowest BCUT2D eigenvalue weighted by Crippen LogP contribution is -2.24. The lowest BCUT2D eigenvalue weighted by molar-refractivity contribution is -0.117. The average molecular weight is 210 g/mol. The van der Waals surface area contributed by atoms with Crippen LogP contribution in [0.5, 0.6) is 0 Å². The fourth-order valence-electron chi connectivity index (χ4n) is 1.08. The Morgan fingerprint density at radius 3 is 2.64 bits per heavy atom. The summed E-state index contributed by atoms with van der Waals surface area (Å²) in [4.78, 5) is 11.9. The molecule has 1 unspecified atom stereocenters. The summed E-state index contributed by atoms with van der Waals surface area (Å²) in [6.07, 6.45) is 0.717. The third-order valence-electron chi connectivity index (χ3n) is 1.88. The van der Waals surface area contributed by atoms with Crippen LogP contribution in [0.3, 0.4) is 0 Å². The second-order valence-corrected chi connectivity index (χ2v) is 4.20. The van der Waals surface area contributed by atoms with Gasteiger partial charge in [-0.05, 0) is 18.6 Å². The third kappa shape index (κ3) is 2.67. The molecule has 1 atom stereocenters. The van der Waals surface area contributed by atoms with Gasteiger partial charge in [0, 0.05) is 10.6 Å². The molecule has 0 aliphatic carbocycles. The Morgan fingerprint density at radius 1 is 1.50 bits per heavy atom. The van der Waals surface area contributed by atoms with Gasteiger partial charge in [-0.1, -0.05) is 19.1 Å². The molecule has 0 saturated heterocycles. The van der Waals surface area contributed by atoms with Gasteiger partial charge >= 0.3 is 0 Å². The van der Waals surface area contributed by atoms with E-state index in [1.807, 2.05) is 31.2 Å². The number of hydrogen-bond acceptors (Lipinski definition) is 3. The molecule has 0 heterocycles. The molecule has 4 N–H and O–H groups in total. The van der Waals surface area contributed by atoms with Gasteiger partial charge in [-0.15, -0.1) is 11.8 Å². The Labute approximate surface area is 87.9 Å². The predicted molar refractivity (Wildman–Crippen MR) is 60.0 cm³/mol. The molecule has 1 aromatic rings. The number of thioether (sulfide) groups is 1. The van der Waals surface area contributed by atoms with E-state index >= 15 is 0 Å². The van der Waals surface area contributed by atoms with E-state index in [9.17, 15) is 4.79 Å². The number of rotatable bonds is 4. The average Bonchev–Trinajstić information content (AvgIpc) is 2.16. The number of hydrogen-bond donors (Lipinski definition) is 2. The van der Waals surface area contributed by atoms with Gasteiger partial charge in [0.15, 0.2) is 0 Å². The molecule has 0 aromatic heterocycles. The van der Waals surface area contributed by atoms with E-state index in [0.29, 0.717) is 12.1 Å². The topological polar surface area (TPSA) is 69.1 Å². The normalized spacial score (nSPS) is 12.4. The first kappa shape index (κ1) is 10.9. The molecule has 0 aliphatic heterocycles. The van der Waals surface area contributed by atoms with Crippen molar-refractivity contribution >= 4 is 23.4 Å². The number of anilines is 1. The maximum Gasteiger partial charge on any atom is 0.230 e. The molecular formula is C10H14N2OS. The Kier molecular flexibility index (Phi) is 3.83. The molecular weight excluding hydrogens is 196 g/mol. The summed E-state index contributed by atoms with van der Waals surface area (Å²) in [7, 11) is 0. The van der Waals surface area contributed by atoms with E-state index in [4.69, 9.17) is 11.5 Å². The smallest absolute Gasteiger partial charge is 0.230 e. The van der Waals surface area contributed by atoms with Crippen LogP contribution < -0.4 is 11.5 Å². The van der Waals surface area contributed by atoms with Crippen molar-refractivity contribution in [3.63, 3.8) is 0 Å². The summed E-state index contributed by atoms with van der Waals surface area (Å²) >= 11 is 1.42. The lowest BCUT2D eigenvalue weighted by atomic mass is 10.3. The summed E-state index contributed by atoms with van der Waals surface area (Å²) in [6.45, 7) is 1.93. The Bertz CT molecular complexity index is 328. The lowest BCUT2D eigenvalue weighted by Gasteiger charge is -2.11. The van der Waals surface area contributed by atoms with Crippen LogP contribution in [0.4, 0.5) is 5.69 Å². The van der Waals surface area contributed by atoms with E-state index < -0.39 is 0 Å². The Hall–Kier alpha value is -1.16. The van der Waals surface area contributed by atoms with Crippen molar-refractivity contribution in [1.82, 2.24) is 0 Å². The summed E-state index contributed by atoms with van der Waals surface area (Å²) in [5, 5.41) is -0.195. The van der Waals surface area contributed by atoms with E-state index in [1.165, 1.54) is 11.8 Å². The highest BCUT2D eigenvalue weighted by atomic mass is 32.2. The van der Waals surface area contributed by atoms with Crippen LogP contribution in [-0.4, -0.2) is 11.2 Å². The minimum absolute atomic E-state index is 0.195. The minimum atomic E-state index is -0.291. The maximum absolute atomic E-state index is 11.0. The van der Waals surface area contributed by atoms with Crippen molar-refractivity contribution in [2.75, 3.05) is 5.73 Å². The Balaban J connectivity index is 2.77. The summed E-state index contributed by atoms with van der Waals surface area (Å²) in [6, 6.07) is 7.47. The van der Waals surface area contributed by atoms with Crippen LogP contribution in [0.25, 0.3) is 0 Å². The summed E-state index contributed by atoms with van der Waals surface area (Å²) in [5.74, 6) is -0.291. The maximum atomic E-state index is 11.0. The summed E-state index contributed by atoms with van der Waals surface area (Å²) < 4.78 is 0. The number of para-hydroxylation sites is 1. The molecule has 14 heavy (non-hydrogen) atoms. The highest BCUT2D eigenvalue weighted by molar-refractivity contribution is 8.00. The van der Waals surface area contributed by atoms with Crippen molar-refractivity contribution < 1.29 is 4.79 Å². The zero-order valence-corrected chi connectivity index (χ0v) is 8.88. The molecule has 0 bridgehead atoms. The fourth-order valence-corrected chi connectivity index (χ4v) is 2.03. The minimum Gasteiger partial charge on any atom is -0.398 e. The van der Waals surface area contributed by atoms with Gasteiger partial charge in [0.1, 0.15) is 0 Å². The second kappa shape index (κ2) is 4.91. The first-order chi connectivity index (χ1) is 6.65.